The lowest BCUT2D eigenvalue weighted by atomic mass is 10.1. The summed E-state index contributed by atoms with van der Waals surface area (Å²) < 4.78 is 6.58. The highest BCUT2D eigenvalue weighted by atomic mass is 79.9. The highest BCUT2D eigenvalue weighted by Gasteiger charge is 2.18. The quantitative estimate of drug-likeness (QED) is 0.774. The van der Waals surface area contributed by atoms with Crippen molar-refractivity contribution in [3.8, 4) is 5.75 Å². The molecule has 1 rings (SSSR count). The van der Waals surface area contributed by atoms with E-state index in [9.17, 15) is 4.79 Å². The second-order valence-corrected chi connectivity index (χ2v) is 6.94. The Morgan fingerprint density at radius 3 is 2.62 bits per heavy atom. The van der Waals surface area contributed by atoms with Crippen LogP contribution >= 0.6 is 15.9 Å². The number of hydrogen-bond acceptors (Lipinski definition) is 3. The normalized spacial score (nSPS) is 13.0. The maximum absolute atomic E-state index is 11.2. The van der Waals surface area contributed by atoms with Gasteiger partial charge >= 0.3 is 5.97 Å². The van der Waals surface area contributed by atoms with Gasteiger partial charge in [0.15, 0.2) is 6.10 Å². The Hall–Kier alpha value is -1.07. The predicted octanol–water partition coefficient (Wildman–Crippen LogP) is 3.97. The predicted molar refractivity (Wildman–Crippen MR) is 87.7 cm³/mol. The van der Waals surface area contributed by atoms with Crippen LogP contribution in [-0.2, 0) is 11.3 Å². The topological polar surface area (TPSA) is 58.6 Å². The molecule has 0 saturated heterocycles. The lowest BCUT2D eigenvalue weighted by Gasteiger charge is -2.21. The van der Waals surface area contributed by atoms with Gasteiger partial charge in [-0.3, -0.25) is 0 Å². The average molecular weight is 358 g/mol. The largest absolute Gasteiger partial charge is 0.479 e. The zero-order chi connectivity index (χ0) is 16.0. The van der Waals surface area contributed by atoms with Crippen molar-refractivity contribution in [2.24, 2.45) is 0 Å². The van der Waals surface area contributed by atoms with Crippen molar-refractivity contribution in [2.75, 3.05) is 0 Å². The molecule has 5 heteroatoms. The van der Waals surface area contributed by atoms with Crippen LogP contribution in [0.2, 0.25) is 0 Å². The molecule has 0 saturated carbocycles. The zero-order valence-electron chi connectivity index (χ0n) is 13.1. The summed E-state index contributed by atoms with van der Waals surface area (Å²) in [6.07, 6.45) is 0.479. The van der Waals surface area contributed by atoms with E-state index in [1.165, 1.54) is 0 Å². The second kappa shape index (κ2) is 7.80. The van der Waals surface area contributed by atoms with Gasteiger partial charge in [0, 0.05) is 16.6 Å². The van der Waals surface area contributed by atoms with E-state index in [4.69, 9.17) is 9.84 Å². The molecular weight excluding hydrogens is 334 g/mol. The van der Waals surface area contributed by atoms with Gasteiger partial charge in [0.25, 0.3) is 0 Å². The van der Waals surface area contributed by atoms with Crippen molar-refractivity contribution in [1.29, 1.82) is 0 Å². The molecule has 0 heterocycles. The number of nitrogens with one attached hydrogen (secondary N) is 1. The van der Waals surface area contributed by atoms with Crippen LogP contribution in [0.1, 0.15) is 46.1 Å². The van der Waals surface area contributed by atoms with E-state index >= 15 is 0 Å². The fourth-order valence-electron chi connectivity index (χ4n) is 1.78. The van der Waals surface area contributed by atoms with Gasteiger partial charge < -0.3 is 15.2 Å². The molecule has 1 atom stereocenters. The van der Waals surface area contributed by atoms with Gasteiger partial charge in [-0.1, -0.05) is 29.3 Å². The Balaban J connectivity index is 2.82. The standard InChI is InChI=1S/C16H24BrNO3/c1-5-6-14(15(19)20)21-12-7-8-13(17)11(9-12)10-18-16(2,3)4/h7-9,14,18H,5-6,10H2,1-4H3,(H,19,20). The van der Waals surface area contributed by atoms with Crippen molar-refractivity contribution in [1.82, 2.24) is 5.32 Å². The van der Waals surface area contributed by atoms with Crippen LogP contribution in [0.3, 0.4) is 0 Å². The third kappa shape index (κ3) is 6.48. The summed E-state index contributed by atoms with van der Waals surface area (Å²) in [5.74, 6) is -0.334. The van der Waals surface area contributed by atoms with E-state index in [0.717, 1.165) is 16.5 Å². The molecule has 0 aliphatic rings. The molecule has 0 aliphatic carbocycles. The van der Waals surface area contributed by atoms with Crippen LogP contribution in [0.5, 0.6) is 5.75 Å². The number of hydrogen-bond donors (Lipinski definition) is 2. The van der Waals surface area contributed by atoms with Crippen molar-refractivity contribution < 1.29 is 14.6 Å². The molecule has 118 valence electrons. The molecular formula is C16H24BrNO3. The average Bonchev–Trinajstić information content (AvgIpc) is 2.37. The minimum Gasteiger partial charge on any atom is -0.479 e. The number of aliphatic carboxylic acids is 1. The van der Waals surface area contributed by atoms with Gasteiger partial charge in [-0.25, -0.2) is 4.79 Å². The number of ether oxygens (including phenoxy) is 1. The zero-order valence-corrected chi connectivity index (χ0v) is 14.7. The first kappa shape index (κ1) is 18.0. The van der Waals surface area contributed by atoms with Crippen LogP contribution in [-0.4, -0.2) is 22.7 Å². The Morgan fingerprint density at radius 1 is 1.43 bits per heavy atom. The maximum Gasteiger partial charge on any atom is 0.344 e. The highest BCUT2D eigenvalue weighted by molar-refractivity contribution is 9.10. The van der Waals surface area contributed by atoms with Crippen LogP contribution in [0.4, 0.5) is 0 Å². The summed E-state index contributed by atoms with van der Waals surface area (Å²) in [7, 11) is 0. The van der Waals surface area contributed by atoms with Crippen molar-refractivity contribution in [3.05, 3.63) is 28.2 Å². The monoisotopic (exact) mass is 357 g/mol. The van der Waals surface area contributed by atoms with Gasteiger partial charge in [-0.2, -0.15) is 0 Å². The van der Waals surface area contributed by atoms with Gasteiger partial charge in [-0.05, 0) is 51.0 Å². The van der Waals surface area contributed by atoms with Crippen LogP contribution in [0, 0.1) is 0 Å². The van der Waals surface area contributed by atoms with Crippen molar-refractivity contribution in [2.45, 2.75) is 58.7 Å². The molecule has 0 fully saturated rings. The Kier molecular flexibility index (Phi) is 6.68. The smallest absolute Gasteiger partial charge is 0.344 e. The van der Waals surface area contributed by atoms with Crippen LogP contribution < -0.4 is 10.1 Å². The van der Waals surface area contributed by atoms with Gasteiger partial charge in [0.05, 0.1) is 0 Å². The van der Waals surface area contributed by atoms with Crippen molar-refractivity contribution >= 4 is 21.9 Å². The van der Waals surface area contributed by atoms with E-state index in [2.05, 4.69) is 42.0 Å². The fraction of sp³-hybridized carbons (Fsp3) is 0.562. The molecule has 1 aromatic rings. The van der Waals surface area contributed by atoms with E-state index < -0.39 is 12.1 Å². The van der Waals surface area contributed by atoms with E-state index in [-0.39, 0.29) is 5.54 Å². The van der Waals surface area contributed by atoms with Crippen LogP contribution in [0.25, 0.3) is 0 Å². The first-order valence-electron chi connectivity index (χ1n) is 7.16. The van der Waals surface area contributed by atoms with Gasteiger partial charge in [-0.15, -0.1) is 0 Å². The molecule has 2 N–H and O–H groups in total. The summed E-state index contributed by atoms with van der Waals surface area (Å²) in [4.78, 5) is 11.2. The highest BCUT2D eigenvalue weighted by Crippen LogP contribution is 2.24. The SMILES string of the molecule is CCCC(Oc1ccc(Br)c(CNC(C)(C)C)c1)C(=O)O. The Morgan fingerprint density at radius 2 is 2.10 bits per heavy atom. The molecule has 0 aliphatic heterocycles. The van der Waals surface area contributed by atoms with E-state index in [1.54, 1.807) is 6.07 Å². The molecule has 0 aromatic heterocycles. The summed E-state index contributed by atoms with van der Waals surface area (Å²) in [6.45, 7) is 8.93. The van der Waals surface area contributed by atoms with E-state index in [0.29, 0.717) is 18.7 Å². The summed E-state index contributed by atoms with van der Waals surface area (Å²) >= 11 is 3.51. The van der Waals surface area contributed by atoms with Gasteiger partial charge in [0.1, 0.15) is 5.75 Å². The van der Waals surface area contributed by atoms with E-state index in [1.807, 2.05) is 19.1 Å². The molecule has 21 heavy (non-hydrogen) atoms. The summed E-state index contributed by atoms with van der Waals surface area (Å²) in [5.41, 5.74) is 1.06. The third-order valence-electron chi connectivity index (χ3n) is 2.93. The Labute approximate surface area is 135 Å². The molecule has 0 radical (unpaired) electrons. The summed E-state index contributed by atoms with van der Waals surface area (Å²) in [5, 5.41) is 12.6. The van der Waals surface area contributed by atoms with Gasteiger partial charge in [0.2, 0.25) is 0 Å². The number of carboxylic acids is 1. The fourth-order valence-corrected chi connectivity index (χ4v) is 2.17. The lowest BCUT2D eigenvalue weighted by Crippen LogP contribution is -2.35. The first-order chi connectivity index (χ1) is 9.73. The first-order valence-corrected chi connectivity index (χ1v) is 7.95. The number of carboxylic acid groups (broad SMARTS) is 1. The Bertz CT molecular complexity index is 483. The number of benzene rings is 1. The third-order valence-corrected chi connectivity index (χ3v) is 3.70. The van der Waals surface area contributed by atoms with Crippen molar-refractivity contribution in [3.63, 3.8) is 0 Å². The second-order valence-electron chi connectivity index (χ2n) is 6.09. The molecule has 0 amide bonds. The van der Waals surface area contributed by atoms with Crippen LogP contribution in [0.15, 0.2) is 22.7 Å². The molecule has 1 unspecified atom stereocenters. The minimum atomic E-state index is -0.922. The molecule has 0 bridgehead atoms. The summed E-state index contributed by atoms with van der Waals surface area (Å²) in [6, 6.07) is 5.56. The molecule has 0 spiro atoms. The molecule has 4 nitrogen and oxygen atoms in total. The number of rotatable bonds is 7. The molecule has 1 aromatic carbocycles. The minimum absolute atomic E-state index is 0.0160. The number of halogens is 1. The number of carbonyl (C=O) groups is 1. The maximum atomic E-state index is 11.2. The lowest BCUT2D eigenvalue weighted by molar-refractivity contribution is -0.145.